The minimum Gasteiger partial charge on any atom is -0.360 e. The van der Waals surface area contributed by atoms with E-state index in [9.17, 15) is 0 Å². The maximum absolute atomic E-state index is 6.27. The number of hydrogen-bond donors (Lipinski definition) is 2. The fourth-order valence-corrected chi connectivity index (χ4v) is 3.60. The zero-order valence-electron chi connectivity index (χ0n) is 13.3. The number of thiocarbonyl (C=S) groups is 1. The van der Waals surface area contributed by atoms with Gasteiger partial charge in [-0.15, -0.1) is 0 Å². The number of aromatic nitrogens is 2. The normalized spacial score (nSPS) is 15.2. The SMILES string of the molecule is S=C(Nc1nn(Cc2ccccc2Cl)cc1Cl)NC1CCCCC1. The van der Waals surface area contributed by atoms with Crippen molar-refractivity contribution in [1.29, 1.82) is 0 Å². The maximum Gasteiger partial charge on any atom is 0.173 e. The molecule has 0 amide bonds. The molecule has 1 aromatic carbocycles. The smallest absolute Gasteiger partial charge is 0.173 e. The predicted octanol–water partition coefficient (Wildman–Crippen LogP) is 4.86. The monoisotopic (exact) mass is 382 g/mol. The molecule has 2 aromatic rings. The van der Waals surface area contributed by atoms with Crippen molar-refractivity contribution in [2.75, 3.05) is 5.32 Å². The Morgan fingerprint density at radius 3 is 2.67 bits per heavy atom. The van der Waals surface area contributed by atoms with Gasteiger partial charge in [0.15, 0.2) is 10.9 Å². The first kappa shape index (κ1) is 17.5. The molecule has 0 aliphatic heterocycles. The highest BCUT2D eigenvalue weighted by Gasteiger charge is 2.15. The molecule has 0 saturated heterocycles. The highest BCUT2D eigenvalue weighted by molar-refractivity contribution is 7.80. The highest BCUT2D eigenvalue weighted by atomic mass is 35.5. The summed E-state index contributed by atoms with van der Waals surface area (Å²) >= 11 is 17.8. The molecule has 1 saturated carbocycles. The van der Waals surface area contributed by atoms with Crippen molar-refractivity contribution in [3.63, 3.8) is 0 Å². The van der Waals surface area contributed by atoms with Crippen LogP contribution in [-0.2, 0) is 6.54 Å². The van der Waals surface area contributed by atoms with E-state index in [4.69, 9.17) is 35.4 Å². The van der Waals surface area contributed by atoms with Gasteiger partial charge >= 0.3 is 0 Å². The number of rotatable bonds is 4. The first-order valence-corrected chi connectivity index (χ1v) is 9.32. The molecule has 1 aliphatic rings. The minimum atomic E-state index is 0.447. The largest absolute Gasteiger partial charge is 0.360 e. The lowest BCUT2D eigenvalue weighted by atomic mass is 9.96. The van der Waals surface area contributed by atoms with Crippen molar-refractivity contribution in [3.8, 4) is 0 Å². The first-order valence-electron chi connectivity index (χ1n) is 8.15. The zero-order valence-corrected chi connectivity index (χ0v) is 15.6. The Labute approximate surface area is 157 Å². The van der Waals surface area contributed by atoms with Crippen molar-refractivity contribution < 1.29 is 0 Å². The number of benzene rings is 1. The van der Waals surface area contributed by atoms with Gasteiger partial charge in [0.2, 0.25) is 0 Å². The van der Waals surface area contributed by atoms with Crippen molar-refractivity contribution in [2.45, 2.75) is 44.7 Å². The molecule has 24 heavy (non-hydrogen) atoms. The van der Waals surface area contributed by atoms with E-state index >= 15 is 0 Å². The van der Waals surface area contributed by atoms with Crippen LogP contribution >= 0.6 is 35.4 Å². The Morgan fingerprint density at radius 1 is 1.17 bits per heavy atom. The van der Waals surface area contributed by atoms with Gasteiger partial charge in [-0.3, -0.25) is 4.68 Å². The van der Waals surface area contributed by atoms with E-state index in [0.717, 1.165) is 18.4 Å². The van der Waals surface area contributed by atoms with E-state index in [2.05, 4.69) is 15.7 Å². The quantitative estimate of drug-likeness (QED) is 0.740. The molecule has 0 spiro atoms. The molecular weight excluding hydrogens is 363 g/mol. The number of anilines is 1. The van der Waals surface area contributed by atoms with Gasteiger partial charge in [0.05, 0.1) is 6.54 Å². The standard InChI is InChI=1S/C17H20Cl2N4S/c18-14-9-5-4-6-12(14)10-23-11-15(19)16(22-23)21-17(24)20-13-7-2-1-3-8-13/h4-6,9,11,13H,1-3,7-8,10H2,(H2,20,21,22,24). The van der Waals surface area contributed by atoms with E-state index in [1.165, 1.54) is 19.3 Å². The van der Waals surface area contributed by atoms with Crippen LogP contribution in [0.4, 0.5) is 5.82 Å². The molecule has 1 heterocycles. The molecule has 0 bridgehead atoms. The van der Waals surface area contributed by atoms with E-state index in [-0.39, 0.29) is 0 Å². The van der Waals surface area contributed by atoms with Crippen LogP contribution in [-0.4, -0.2) is 20.9 Å². The van der Waals surface area contributed by atoms with Gasteiger partial charge in [-0.2, -0.15) is 5.10 Å². The van der Waals surface area contributed by atoms with Crippen LogP contribution in [0.1, 0.15) is 37.7 Å². The molecule has 1 aliphatic carbocycles. The molecule has 128 valence electrons. The first-order chi connectivity index (χ1) is 11.6. The fourth-order valence-electron chi connectivity index (χ4n) is 2.94. The average Bonchev–Trinajstić information content (AvgIpc) is 2.90. The van der Waals surface area contributed by atoms with E-state index in [0.29, 0.717) is 33.6 Å². The Morgan fingerprint density at radius 2 is 1.92 bits per heavy atom. The zero-order chi connectivity index (χ0) is 16.9. The summed E-state index contributed by atoms with van der Waals surface area (Å²) in [5.74, 6) is 0.567. The van der Waals surface area contributed by atoms with Crippen molar-refractivity contribution in [3.05, 3.63) is 46.1 Å². The van der Waals surface area contributed by atoms with Crippen molar-refractivity contribution >= 4 is 46.4 Å². The third-order valence-electron chi connectivity index (χ3n) is 4.18. The van der Waals surface area contributed by atoms with E-state index in [1.807, 2.05) is 24.3 Å². The molecule has 0 radical (unpaired) electrons. The summed E-state index contributed by atoms with van der Waals surface area (Å²) < 4.78 is 1.76. The fraction of sp³-hybridized carbons (Fsp3) is 0.412. The van der Waals surface area contributed by atoms with Crippen LogP contribution in [0.3, 0.4) is 0 Å². The van der Waals surface area contributed by atoms with E-state index in [1.54, 1.807) is 10.9 Å². The molecular formula is C17H20Cl2N4S. The summed E-state index contributed by atoms with van der Waals surface area (Å²) in [5.41, 5.74) is 0.993. The summed E-state index contributed by atoms with van der Waals surface area (Å²) in [5, 5.41) is 12.8. The second-order valence-electron chi connectivity index (χ2n) is 6.05. The van der Waals surface area contributed by atoms with Gasteiger partial charge in [-0.05, 0) is 36.7 Å². The summed E-state index contributed by atoms with van der Waals surface area (Å²) in [7, 11) is 0. The topological polar surface area (TPSA) is 41.9 Å². The van der Waals surface area contributed by atoms with Gasteiger partial charge in [-0.1, -0.05) is 60.7 Å². The number of nitrogens with zero attached hydrogens (tertiary/aromatic N) is 2. The molecule has 1 aromatic heterocycles. The van der Waals surface area contributed by atoms with Gasteiger partial charge in [0.25, 0.3) is 0 Å². The van der Waals surface area contributed by atoms with E-state index < -0.39 is 0 Å². The molecule has 4 nitrogen and oxygen atoms in total. The summed E-state index contributed by atoms with van der Waals surface area (Å²) in [6.45, 7) is 0.559. The third kappa shape index (κ3) is 4.62. The molecule has 3 rings (SSSR count). The van der Waals surface area contributed by atoms with Crippen molar-refractivity contribution in [2.24, 2.45) is 0 Å². The Bertz CT molecular complexity index is 710. The summed E-state index contributed by atoms with van der Waals surface area (Å²) in [6.07, 6.45) is 7.93. The maximum atomic E-state index is 6.27. The number of halogens is 2. The lowest BCUT2D eigenvalue weighted by molar-refractivity contribution is 0.415. The van der Waals surface area contributed by atoms with Crippen LogP contribution in [0, 0.1) is 0 Å². The molecule has 2 N–H and O–H groups in total. The average molecular weight is 383 g/mol. The second kappa shape index (κ2) is 8.19. The van der Waals surface area contributed by atoms with Crippen LogP contribution in [0.15, 0.2) is 30.5 Å². The molecule has 7 heteroatoms. The van der Waals surface area contributed by atoms with Gasteiger partial charge in [-0.25, -0.2) is 0 Å². The second-order valence-corrected chi connectivity index (χ2v) is 7.27. The van der Waals surface area contributed by atoms with Crippen LogP contribution in [0.25, 0.3) is 0 Å². The molecule has 1 fully saturated rings. The number of nitrogens with one attached hydrogen (secondary N) is 2. The minimum absolute atomic E-state index is 0.447. The van der Waals surface area contributed by atoms with Crippen LogP contribution in [0.2, 0.25) is 10.0 Å². The molecule has 0 atom stereocenters. The van der Waals surface area contributed by atoms with Crippen molar-refractivity contribution in [1.82, 2.24) is 15.1 Å². The van der Waals surface area contributed by atoms with Gasteiger partial charge in [0.1, 0.15) is 5.02 Å². The van der Waals surface area contributed by atoms with Crippen LogP contribution < -0.4 is 10.6 Å². The molecule has 0 unspecified atom stereocenters. The number of hydrogen-bond acceptors (Lipinski definition) is 2. The Balaban J connectivity index is 1.61. The lowest BCUT2D eigenvalue weighted by Crippen LogP contribution is -2.39. The summed E-state index contributed by atoms with van der Waals surface area (Å²) in [6, 6.07) is 8.15. The Hall–Kier alpha value is -1.30. The predicted molar refractivity (Wildman–Crippen MR) is 104 cm³/mol. The van der Waals surface area contributed by atoms with Gasteiger partial charge < -0.3 is 10.6 Å². The highest BCUT2D eigenvalue weighted by Crippen LogP contribution is 2.22. The third-order valence-corrected chi connectivity index (χ3v) is 5.04. The lowest BCUT2D eigenvalue weighted by Gasteiger charge is -2.24. The Kier molecular flexibility index (Phi) is 5.98. The van der Waals surface area contributed by atoms with Gasteiger partial charge in [0, 0.05) is 17.3 Å². The van der Waals surface area contributed by atoms with Crippen LogP contribution in [0.5, 0.6) is 0 Å². The summed E-state index contributed by atoms with van der Waals surface area (Å²) in [4.78, 5) is 0.